The Kier molecular flexibility index (Phi) is 10.7. The molecule has 1 aliphatic heterocycles. The highest BCUT2D eigenvalue weighted by Gasteiger charge is 2.20. The van der Waals surface area contributed by atoms with Gasteiger partial charge in [0.05, 0.1) is 5.69 Å². The molecule has 41 heavy (non-hydrogen) atoms. The largest absolute Gasteiger partial charge is 0.507 e. The van der Waals surface area contributed by atoms with Crippen molar-refractivity contribution in [2.75, 3.05) is 46.1 Å². The Balaban J connectivity index is 0.00000226. The van der Waals surface area contributed by atoms with E-state index in [0.29, 0.717) is 5.56 Å². The van der Waals surface area contributed by atoms with Gasteiger partial charge in [-0.1, -0.05) is 31.6 Å². The standard InChI is InChI=1S/C31H37N5O3.C2H6/c1-20(15-26-22(3)33-11-7-27(26)36-14-10-25(32-4)18-29(36)38)19-35-12-8-23(9-13-35)30-21(2)16-24(17-28(30)37)31(39)34(5)6;1-2/h7-8,10-11,14-18,32,37H,9,12-13,19H2,1-6H3;1-2H3/b20-15+;. The van der Waals surface area contributed by atoms with Crippen molar-refractivity contribution in [2.24, 2.45) is 0 Å². The average molecular weight is 558 g/mol. The number of aryl methyl sites for hydroxylation is 2. The van der Waals surface area contributed by atoms with Gasteiger partial charge in [-0.15, -0.1) is 0 Å². The molecule has 0 atom stereocenters. The molecule has 1 aliphatic rings. The lowest BCUT2D eigenvalue weighted by Gasteiger charge is -2.28. The Morgan fingerprint density at radius 1 is 1.17 bits per heavy atom. The monoisotopic (exact) mass is 557 g/mol. The first-order chi connectivity index (χ1) is 19.6. The molecule has 2 N–H and O–H groups in total. The van der Waals surface area contributed by atoms with Crippen molar-refractivity contribution in [1.82, 2.24) is 19.4 Å². The van der Waals surface area contributed by atoms with Gasteiger partial charge in [0.1, 0.15) is 5.75 Å². The number of benzene rings is 1. The van der Waals surface area contributed by atoms with Crippen molar-refractivity contribution in [3.8, 4) is 11.4 Å². The van der Waals surface area contributed by atoms with E-state index in [9.17, 15) is 14.7 Å². The normalized spacial score (nSPS) is 13.7. The van der Waals surface area contributed by atoms with E-state index in [1.165, 1.54) is 4.90 Å². The Morgan fingerprint density at radius 3 is 2.49 bits per heavy atom. The Bertz CT molecular complexity index is 1490. The van der Waals surface area contributed by atoms with Crippen molar-refractivity contribution in [3.05, 3.63) is 92.7 Å². The molecule has 0 spiro atoms. The lowest BCUT2D eigenvalue weighted by atomic mass is 9.92. The van der Waals surface area contributed by atoms with Crippen LogP contribution < -0.4 is 10.9 Å². The zero-order valence-electron chi connectivity index (χ0n) is 25.6. The number of phenols is 1. The maximum absolute atomic E-state index is 12.8. The highest BCUT2D eigenvalue weighted by atomic mass is 16.3. The highest BCUT2D eigenvalue weighted by molar-refractivity contribution is 5.95. The fraction of sp³-hybridized carbons (Fsp3) is 0.364. The number of amides is 1. The minimum Gasteiger partial charge on any atom is -0.507 e. The molecule has 1 amide bonds. The number of nitrogens with zero attached hydrogens (tertiary/aromatic N) is 4. The van der Waals surface area contributed by atoms with Crippen LogP contribution in [0.2, 0.25) is 0 Å². The summed E-state index contributed by atoms with van der Waals surface area (Å²) in [6.45, 7) is 12.4. The second kappa shape index (κ2) is 13.9. The number of hydrogen-bond donors (Lipinski definition) is 2. The molecule has 8 heteroatoms. The number of anilines is 1. The van der Waals surface area contributed by atoms with Crippen LogP contribution in [0.25, 0.3) is 17.3 Å². The van der Waals surface area contributed by atoms with Crippen LogP contribution in [0.4, 0.5) is 5.69 Å². The van der Waals surface area contributed by atoms with Crippen molar-refractivity contribution >= 4 is 23.2 Å². The van der Waals surface area contributed by atoms with Crippen LogP contribution >= 0.6 is 0 Å². The summed E-state index contributed by atoms with van der Waals surface area (Å²) in [7, 11) is 5.20. The van der Waals surface area contributed by atoms with Gasteiger partial charge < -0.3 is 15.3 Å². The molecule has 0 saturated heterocycles. The van der Waals surface area contributed by atoms with Gasteiger partial charge in [0.2, 0.25) is 0 Å². The van der Waals surface area contributed by atoms with Crippen molar-refractivity contribution in [3.63, 3.8) is 0 Å². The number of aromatic hydroxyl groups is 1. The third kappa shape index (κ3) is 7.32. The Morgan fingerprint density at radius 2 is 1.90 bits per heavy atom. The summed E-state index contributed by atoms with van der Waals surface area (Å²) in [5.74, 6) is 0.0198. The minimum absolute atomic E-state index is 0.105. The number of nitrogens with one attached hydrogen (secondary N) is 1. The lowest BCUT2D eigenvalue weighted by Crippen LogP contribution is -2.30. The van der Waals surface area contributed by atoms with Crippen LogP contribution in [0.3, 0.4) is 0 Å². The van der Waals surface area contributed by atoms with Crippen LogP contribution in [-0.4, -0.2) is 71.1 Å². The molecule has 3 heterocycles. The van der Waals surface area contributed by atoms with E-state index < -0.39 is 0 Å². The summed E-state index contributed by atoms with van der Waals surface area (Å²) < 4.78 is 1.65. The summed E-state index contributed by atoms with van der Waals surface area (Å²) >= 11 is 0. The maximum Gasteiger partial charge on any atom is 0.257 e. The van der Waals surface area contributed by atoms with Crippen LogP contribution in [0.1, 0.15) is 59.9 Å². The predicted octanol–water partition coefficient (Wildman–Crippen LogP) is 5.52. The van der Waals surface area contributed by atoms with Crippen molar-refractivity contribution in [2.45, 2.75) is 41.0 Å². The molecule has 1 aromatic carbocycles. The first-order valence-corrected chi connectivity index (χ1v) is 14.1. The molecule has 0 fully saturated rings. The highest BCUT2D eigenvalue weighted by Crippen LogP contribution is 2.34. The van der Waals surface area contributed by atoms with Crippen LogP contribution in [0.5, 0.6) is 5.75 Å². The smallest absolute Gasteiger partial charge is 0.257 e. The fourth-order valence-corrected chi connectivity index (χ4v) is 5.08. The summed E-state index contributed by atoms with van der Waals surface area (Å²) in [6, 6.07) is 8.75. The molecule has 0 aliphatic carbocycles. The van der Waals surface area contributed by atoms with E-state index in [0.717, 1.165) is 71.0 Å². The summed E-state index contributed by atoms with van der Waals surface area (Å²) in [5, 5.41) is 13.8. The number of phenolic OH excluding ortho intramolecular Hbond substituents is 1. The lowest BCUT2D eigenvalue weighted by molar-refractivity contribution is 0.0827. The fourth-order valence-electron chi connectivity index (χ4n) is 5.08. The van der Waals surface area contributed by atoms with Crippen molar-refractivity contribution < 1.29 is 9.90 Å². The molecule has 218 valence electrons. The molecule has 0 saturated carbocycles. The molecule has 8 nitrogen and oxygen atoms in total. The maximum atomic E-state index is 12.8. The zero-order valence-corrected chi connectivity index (χ0v) is 25.6. The molecule has 0 radical (unpaired) electrons. The molecule has 0 bridgehead atoms. The van der Waals surface area contributed by atoms with Gasteiger partial charge in [-0.3, -0.25) is 24.0 Å². The Hall–Kier alpha value is -4.17. The number of carbonyl (C=O) groups is 1. The summed E-state index contributed by atoms with van der Waals surface area (Å²) in [6.07, 6.45) is 8.59. The average Bonchev–Trinajstić information content (AvgIpc) is 2.95. The molecular weight excluding hydrogens is 514 g/mol. The van der Waals surface area contributed by atoms with Gasteiger partial charge in [-0.2, -0.15) is 0 Å². The second-order valence-corrected chi connectivity index (χ2v) is 10.3. The van der Waals surface area contributed by atoms with E-state index >= 15 is 0 Å². The van der Waals surface area contributed by atoms with E-state index in [1.54, 1.807) is 50.2 Å². The topological polar surface area (TPSA) is 90.7 Å². The summed E-state index contributed by atoms with van der Waals surface area (Å²) in [5.41, 5.74) is 7.72. The van der Waals surface area contributed by atoms with E-state index in [2.05, 4.69) is 34.3 Å². The number of rotatable bonds is 7. The summed E-state index contributed by atoms with van der Waals surface area (Å²) in [4.78, 5) is 33.5. The van der Waals surface area contributed by atoms with Crippen molar-refractivity contribution in [1.29, 1.82) is 0 Å². The van der Waals surface area contributed by atoms with E-state index in [4.69, 9.17) is 0 Å². The Labute approximate surface area is 243 Å². The van der Waals surface area contributed by atoms with Gasteiger partial charge in [0, 0.05) is 87.3 Å². The van der Waals surface area contributed by atoms with Gasteiger partial charge >= 0.3 is 0 Å². The van der Waals surface area contributed by atoms with Gasteiger partial charge in [-0.05, 0) is 62.6 Å². The quantitative estimate of drug-likeness (QED) is 0.398. The second-order valence-electron chi connectivity index (χ2n) is 10.3. The molecule has 3 aromatic rings. The molecular formula is C33H43N5O3. The minimum atomic E-state index is -0.127. The SMILES string of the molecule is CC.CNc1ccn(-c2ccnc(C)c2/C=C(\C)CN2CC=C(c3c(C)cc(C(=O)N(C)C)cc3O)CC2)c(=O)c1. The predicted molar refractivity (Wildman–Crippen MR) is 169 cm³/mol. The van der Waals surface area contributed by atoms with E-state index in [1.807, 2.05) is 45.9 Å². The number of aromatic nitrogens is 2. The third-order valence-corrected chi connectivity index (χ3v) is 7.08. The number of carbonyl (C=O) groups excluding carboxylic acids is 1. The molecule has 4 rings (SSSR count). The van der Waals surface area contributed by atoms with Crippen LogP contribution in [0, 0.1) is 13.8 Å². The van der Waals surface area contributed by atoms with Gasteiger partial charge in [0.15, 0.2) is 0 Å². The number of hydrogen-bond acceptors (Lipinski definition) is 6. The van der Waals surface area contributed by atoms with E-state index in [-0.39, 0.29) is 17.2 Å². The third-order valence-electron chi connectivity index (χ3n) is 7.08. The molecule has 0 unspecified atom stereocenters. The van der Waals surface area contributed by atoms with Crippen LogP contribution in [-0.2, 0) is 0 Å². The molecule has 2 aromatic heterocycles. The first kappa shape index (κ1) is 31.4. The first-order valence-electron chi connectivity index (χ1n) is 14.1. The van der Waals surface area contributed by atoms with Gasteiger partial charge in [-0.25, -0.2) is 0 Å². The van der Waals surface area contributed by atoms with Gasteiger partial charge in [0.25, 0.3) is 11.5 Å². The van der Waals surface area contributed by atoms with Crippen LogP contribution in [0.15, 0.2) is 59.2 Å². The number of pyridine rings is 2. The zero-order chi connectivity index (χ0) is 30.3.